The van der Waals surface area contributed by atoms with Gasteiger partial charge in [-0.3, -0.25) is 4.99 Å². The van der Waals surface area contributed by atoms with Crippen molar-refractivity contribution in [2.75, 3.05) is 14.1 Å². The van der Waals surface area contributed by atoms with Crippen LogP contribution in [-0.2, 0) is 0 Å². The maximum Gasteiger partial charge on any atom is 0.0885 e. The molecule has 0 radical (unpaired) electrons. The molecule has 0 aliphatic carbocycles. The largest absolute Gasteiger partial charge is 0.340 e. The van der Waals surface area contributed by atoms with E-state index in [1.165, 1.54) is 11.3 Å². The summed E-state index contributed by atoms with van der Waals surface area (Å²) in [5, 5.41) is 0. The van der Waals surface area contributed by atoms with E-state index in [9.17, 15) is 0 Å². The van der Waals surface area contributed by atoms with Crippen LogP contribution in [0.2, 0.25) is 0 Å². The van der Waals surface area contributed by atoms with Crippen molar-refractivity contribution in [1.82, 2.24) is 4.90 Å². The fourth-order valence-corrected chi connectivity index (χ4v) is 0.613. The Morgan fingerprint density at radius 2 is 1.80 bits per heavy atom. The summed E-state index contributed by atoms with van der Waals surface area (Å²) < 4.78 is 0. The summed E-state index contributed by atoms with van der Waals surface area (Å²) in [5.41, 5.74) is 2.58. The van der Waals surface area contributed by atoms with Gasteiger partial charge in [-0.2, -0.15) is 0 Å². The minimum Gasteiger partial charge on any atom is -0.340 e. The fraction of sp³-hybridized carbons (Fsp3) is 0.625. The molecule has 0 atom stereocenters. The van der Waals surface area contributed by atoms with Crippen LogP contribution in [0.5, 0.6) is 0 Å². The minimum atomic E-state index is 1.26. The monoisotopic (exact) mass is 140 g/mol. The second-order valence-corrected chi connectivity index (χ2v) is 2.57. The summed E-state index contributed by atoms with van der Waals surface area (Å²) in [4.78, 5) is 5.92. The van der Waals surface area contributed by atoms with E-state index in [-0.39, 0.29) is 0 Å². The van der Waals surface area contributed by atoms with Crippen LogP contribution in [0, 0.1) is 0 Å². The van der Waals surface area contributed by atoms with Gasteiger partial charge in [-0.1, -0.05) is 5.57 Å². The van der Waals surface area contributed by atoms with Crippen molar-refractivity contribution in [3.8, 4) is 0 Å². The SMILES string of the molecule is CN=CN(C)C(C)=C(C)C. The van der Waals surface area contributed by atoms with Gasteiger partial charge in [0.2, 0.25) is 0 Å². The number of rotatable bonds is 2. The van der Waals surface area contributed by atoms with Crippen molar-refractivity contribution in [2.24, 2.45) is 4.99 Å². The molecule has 0 saturated carbocycles. The van der Waals surface area contributed by atoms with Gasteiger partial charge in [0, 0.05) is 19.8 Å². The van der Waals surface area contributed by atoms with Gasteiger partial charge >= 0.3 is 0 Å². The van der Waals surface area contributed by atoms with Gasteiger partial charge in [0.25, 0.3) is 0 Å². The first-order valence-corrected chi connectivity index (χ1v) is 3.38. The third-order valence-corrected chi connectivity index (χ3v) is 1.54. The average molecular weight is 140 g/mol. The van der Waals surface area contributed by atoms with Crippen LogP contribution in [0.1, 0.15) is 20.8 Å². The molecule has 0 aromatic rings. The molecule has 58 valence electrons. The molecule has 2 nitrogen and oxygen atoms in total. The van der Waals surface area contributed by atoms with E-state index >= 15 is 0 Å². The van der Waals surface area contributed by atoms with Gasteiger partial charge in [-0.15, -0.1) is 0 Å². The lowest BCUT2D eigenvalue weighted by Crippen LogP contribution is -2.13. The van der Waals surface area contributed by atoms with Crippen LogP contribution in [0.25, 0.3) is 0 Å². The maximum atomic E-state index is 3.91. The van der Waals surface area contributed by atoms with E-state index in [2.05, 4.69) is 25.8 Å². The topological polar surface area (TPSA) is 15.6 Å². The third-order valence-electron chi connectivity index (χ3n) is 1.54. The summed E-state index contributed by atoms with van der Waals surface area (Å²) in [6, 6.07) is 0. The average Bonchev–Trinajstić information content (AvgIpc) is 1.87. The van der Waals surface area contributed by atoms with Crippen LogP contribution in [0.4, 0.5) is 0 Å². The van der Waals surface area contributed by atoms with Crippen LogP contribution in [0.15, 0.2) is 16.3 Å². The highest BCUT2D eigenvalue weighted by Crippen LogP contribution is 2.03. The molecule has 0 aromatic heterocycles. The van der Waals surface area contributed by atoms with Crippen molar-refractivity contribution in [3.05, 3.63) is 11.3 Å². The molecule has 0 unspecified atom stereocenters. The van der Waals surface area contributed by atoms with Gasteiger partial charge in [0.05, 0.1) is 6.34 Å². The zero-order valence-corrected chi connectivity index (χ0v) is 7.47. The molecule has 0 amide bonds. The zero-order chi connectivity index (χ0) is 8.15. The van der Waals surface area contributed by atoms with Crippen molar-refractivity contribution in [2.45, 2.75) is 20.8 Å². The Morgan fingerprint density at radius 3 is 2.10 bits per heavy atom. The number of aliphatic imine (C=N–C) groups is 1. The Labute approximate surface area is 63.3 Å². The molecule has 0 bridgehead atoms. The first kappa shape index (κ1) is 9.21. The van der Waals surface area contributed by atoms with Crippen molar-refractivity contribution < 1.29 is 0 Å². The zero-order valence-electron chi connectivity index (χ0n) is 7.47. The van der Waals surface area contributed by atoms with E-state index in [0.717, 1.165) is 0 Å². The fourth-order valence-electron chi connectivity index (χ4n) is 0.613. The second-order valence-electron chi connectivity index (χ2n) is 2.57. The normalized spacial score (nSPS) is 10.1. The summed E-state index contributed by atoms with van der Waals surface area (Å²) >= 11 is 0. The molecule has 10 heavy (non-hydrogen) atoms. The maximum absolute atomic E-state index is 3.91. The van der Waals surface area contributed by atoms with Gasteiger partial charge in [-0.05, 0) is 20.8 Å². The molecule has 0 N–H and O–H groups in total. The highest BCUT2D eigenvalue weighted by Gasteiger charge is 1.94. The third kappa shape index (κ3) is 2.67. The molecule has 0 aromatic carbocycles. The standard InChI is InChI=1S/C8H16N2/c1-7(2)8(3)10(5)6-9-4/h6H,1-5H3. The number of hydrogen-bond acceptors (Lipinski definition) is 1. The Bertz CT molecular complexity index is 153. The summed E-state index contributed by atoms with van der Waals surface area (Å²) in [6.45, 7) is 6.27. The number of nitrogens with zero attached hydrogens (tertiary/aromatic N) is 2. The van der Waals surface area contributed by atoms with Crippen LogP contribution in [-0.4, -0.2) is 25.3 Å². The lowest BCUT2D eigenvalue weighted by atomic mass is 10.3. The molecule has 0 spiro atoms. The van der Waals surface area contributed by atoms with E-state index in [0.29, 0.717) is 0 Å². The molecule has 0 fully saturated rings. The summed E-state index contributed by atoms with van der Waals surface area (Å²) in [7, 11) is 3.77. The molecular weight excluding hydrogens is 124 g/mol. The Hall–Kier alpha value is -0.790. The molecule has 0 heterocycles. The first-order chi connectivity index (χ1) is 4.59. The lowest BCUT2D eigenvalue weighted by Gasteiger charge is -2.14. The number of allylic oxidation sites excluding steroid dienone is 2. The van der Waals surface area contributed by atoms with Crippen molar-refractivity contribution in [3.63, 3.8) is 0 Å². The van der Waals surface area contributed by atoms with Gasteiger partial charge in [-0.25, -0.2) is 0 Å². The second kappa shape index (κ2) is 4.09. The predicted molar refractivity (Wildman–Crippen MR) is 46.2 cm³/mol. The highest BCUT2D eigenvalue weighted by atomic mass is 15.1. The summed E-state index contributed by atoms with van der Waals surface area (Å²) in [6.07, 6.45) is 1.81. The van der Waals surface area contributed by atoms with E-state index < -0.39 is 0 Å². The molecule has 0 rings (SSSR count). The molecule has 0 aliphatic rings. The highest BCUT2D eigenvalue weighted by molar-refractivity contribution is 5.57. The molecular formula is C8H16N2. The van der Waals surface area contributed by atoms with Gasteiger partial charge in [0.15, 0.2) is 0 Å². The number of hydrogen-bond donors (Lipinski definition) is 0. The Morgan fingerprint density at radius 1 is 1.30 bits per heavy atom. The first-order valence-electron chi connectivity index (χ1n) is 3.38. The van der Waals surface area contributed by atoms with E-state index in [1.54, 1.807) is 7.05 Å². The van der Waals surface area contributed by atoms with Gasteiger partial charge in [0.1, 0.15) is 0 Å². The molecule has 0 saturated heterocycles. The van der Waals surface area contributed by atoms with Crippen LogP contribution in [0.3, 0.4) is 0 Å². The molecule has 2 heteroatoms. The molecule has 0 aliphatic heterocycles. The van der Waals surface area contributed by atoms with E-state index in [4.69, 9.17) is 0 Å². The summed E-state index contributed by atoms with van der Waals surface area (Å²) in [5.74, 6) is 0. The minimum absolute atomic E-state index is 1.26. The predicted octanol–water partition coefficient (Wildman–Crippen LogP) is 1.89. The Balaban J connectivity index is 4.21. The smallest absolute Gasteiger partial charge is 0.0885 e. The van der Waals surface area contributed by atoms with Gasteiger partial charge < -0.3 is 4.90 Å². The Kier molecular flexibility index (Phi) is 3.77. The lowest BCUT2D eigenvalue weighted by molar-refractivity contribution is 0.634. The quantitative estimate of drug-likeness (QED) is 0.422. The van der Waals surface area contributed by atoms with Crippen LogP contribution < -0.4 is 0 Å². The van der Waals surface area contributed by atoms with Crippen molar-refractivity contribution in [1.29, 1.82) is 0 Å². The van der Waals surface area contributed by atoms with Crippen molar-refractivity contribution >= 4 is 6.34 Å². The van der Waals surface area contributed by atoms with E-state index in [1.807, 2.05) is 18.3 Å². The van der Waals surface area contributed by atoms with Crippen LogP contribution >= 0.6 is 0 Å².